The lowest BCUT2D eigenvalue weighted by atomic mass is 10.1. The first kappa shape index (κ1) is 16.0. The number of likely N-dealkylation sites (N-methyl/N-ethyl adjacent to an activating group) is 1. The highest BCUT2D eigenvalue weighted by Gasteiger charge is 2.22. The number of hydrogen-bond acceptors (Lipinski definition) is 3. The molecule has 0 saturated heterocycles. The van der Waals surface area contributed by atoms with Crippen molar-refractivity contribution in [3.05, 3.63) is 28.2 Å². The summed E-state index contributed by atoms with van der Waals surface area (Å²) in [5.41, 5.74) is -0.339. The molecular formula is C14H20BrNO3. The summed E-state index contributed by atoms with van der Waals surface area (Å²) in [7, 11) is 1.58. The van der Waals surface area contributed by atoms with Gasteiger partial charge in [-0.25, -0.2) is 0 Å². The zero-order valence-electron chi connectivity index (χ0n) is 11.7. The van der Waals surface area contributed by atoms with E-state index in [4.69, 9.17) is 4.74 Å². The Morgan fingerprint density at radius 1 is 1.47 bits per heavy atom. The Kier molecular flexibility index (Phi) is 5.38. The number of hydrogen-bond donors (Lipinski definition) is 1. The fourth-order valence-corrected chi connectivity index (χ4v) is 2.32. The summed E-state index contributed by atoms with van der Waals surface area (Å²) < 4.78 is 5.87. The first-order valence-corrected chi connectivity index (χ1v) is 6.93. The number of methoxy groups -OCH3 is 1. The van der Waals surface area contributed by atoms with Gasteiger partial charge in [0.15, 0.2) is 0 Å². The third-order valence-electron chi connectivity index (χ3n) is 2.65. The van der Waals surface area contributed by atoms with E-state index in [9.17, 15) is 9.90 Å². The van der Waals surface area contributed by atoms with Crippen LogP contribution < -0.4 is 4.74 Å². The predicted octanol–water partition coefficient (Wildman–Crippen LogP) is 2.69. The van der Waals surface area contributed by atoms with E-state index in [1.807, 2.05) is 6.92 Å². The third kappa shape index (κ3) is 4.51. The van der Waals surface area contributed by atoms with E-state index in [-0.39, 0.29) is 5.91 Å². The zero-order valence-corrected chi connectivity index (χ0v) is 13.3. The summed E-state index contributed by atoms with van der Waals surface area (Å²) in [6, 6.07) is 5.20. The number of carbonyl (C=O) groups is 1. The minimum Gasteiger partial charge on any atom is -0.496 e. The van der Waals surface area contributed by atoms with Crippen molar-refractivity contribution in [3.8, 4) is 5.75 Å². The number of aliphatic hydroxyl groups is 1. The largest absolute Gasteiger partial charge is 0.496 e. The maximum Gasteiger partial charge on any atom is 0.253 e. The molecule has 1 N–H and O–H groups in total. The van der Waals surface area contributed by atoms with Crippen molar-refractivity contribution in [2.45, 2.75) is 26.4 Å². The van der Waals surface area contributed by atoms with Gasteiger partial charge in [-0.15, -0.1) is 0 Å². The van der Waals surface area contributed by atoms with E-state index in [1.165, 1.54) is 0 Å². The van der Waals surface area contributed by atoms with Crippen molar-refractivity contribution in [2.75, 3.05) is 20.2 Å². The second-order valence-corrected chi connectivity index (χ2v) is 5.84. The molecule has 1 aromatic carbocycles. The maximum absolute atomic E-state index is 12.4. The van der Waals surface area contributed by atoms with Gasteiger partial charge in [0.05, 0.1) is 17.2 Å². The minimum absolute atomic E-state index is 0.104. The first-order chi connectivity index (χ1) is 8.78. The molecule has 0 radical (unpaired) electrons. The Hall–Kier alpha value is -1.07. The summed E-state index contributed by atoms with van der Waals surface area (Å²) in [5.74, 6) is 0.579. The van der Waals surface area contributed by atoms with E-state index < -0.39 is 5.60 Å². The van der Waals surface area contributed by atoms with Crippen molar-refractivity contribution >= 4 is 21.8 Å². The average molecular weight is 330 g/mol. The molecule has 0 heterocycles. The molecular weight excluding hydrogens is 310 g/mol. The molecule has 0 fully saturated rings. The molecule has 0 aliphatic heterocycles. The topological polar surface area (TPSA) is 49.8 Å². The van der Waals surface area contributed by atoms with Gasteiger partial charge in [-0.05, 0) is 54.9 Å². The van der Waals surface area contributed by atoms with E-state index in [2.05, 4.69) is 15.9 Å². The van der Waals surface area contributed by atoms with Gasteiger partial charge in [0.1, 0.15) is 5.75 Å². The van der Waals surface area contributed by atoms with E-state index in [0.717, 1.165) is 4.47 Å². The van der Waals surface area contributed by atoms with Crippen LogP contribution in [0.15, 0.2) is 22.7 Å². The highest BCUT2D eigenvalue weighted by Crippen LogP contribution is 2.26. The average Bonchev–Trinajstić information content (AvgIpc) is 2.34. The van der Waals surface area contributed by atoms with Crippen molar-refractivity contribution < 1.29 is 14.6 Å². The molecule has 0 saturated carbocycles. The van der Waals surface area contributed by atoms with Crippen LogP contribution in [0.5, 0.6) is 5.75 Å². The van der Waals surface area contributed by atoms with Crippen LogP contribution in [-0.4, -0.2) is 41.7 Å². The fraction of sp³-hybridized carbons (Fsp3) is 0.500. The van der Waals surface area contributed by atoms with Gasteiger partial charge in [0.25, 0.3) is 5.91 Å². The van der Waals surface area contributed by atoms with Crippen molar-refractivity contribution in [2.24, 2.45) is 0 Å². The first-order valence-electron chi connectivity index (χ1n) is 6.13. The Morgan fingerprint density at radius 3 is 2.53 bits per heavy atom. The molecule has 0 unspecified atom stereocenters. The molecule has 0 bridgehead atoms. The Balaban J connectivity index is 2.95. The number of benzene rings is 1. The van der Waals surface area contributed by atoms with Crippen LogP contribution >= 0.6 is 15.9 Å². The smallest absolute Gasteiger partial charge is 0.253 e. The highest BCUT2D eigenvalue weighted by molar-refractivity contribution is 9.10. The van der Waals surface area contributed by atoms with Crippen LogP contribution in [0, 0.1) is 0 Å². The van der Waals surface area contributed by atoms with Crippen LogP contribution in [0.3, 0.4) is 0 Å². The zero-order chi connectivity index (χ0) is 14.6. The van der Waals surface area contributed by atoms with E-state index in [1.54, 1.807) is 44.1 Å². The molecule has 0 spiro atoms. The Morgan fingerprint density at radius 2 is 2.11 bits per heavy atom. The van der Waals surface area contributed by atoms with Crippen LogP contribution in [0.25, 0.3) is 0 Å². The molecule has 0 aliphatic rings. The Labute approximate surface area is 122 Å². The number of nitrogens with zero attached hydrogens (tertiary/aromatic N) is 1. The third-order valence-corrected chi connectivity index (χ3v) is 3.27. The molecule has 5 heteroatoms. The molecule has 1 amide bonds. The summed E-state index contributed by atoms with van der Waals surface area (Å²) in [4.78, 5) is 14.0. The number of carbonyl (C=O) groups excluding carboxylic acids is 1. The summed E-state index contributed by atoms with van der Waals surface area (Å²) >= 11 is 3.36. The van der Waals surface area contributed by atoms with Gasteiger partial charge in [-0.2, -0.15) is 0 Å². The number of halogens is 1. The predicted molar refractivity (Wildman–Crippen MR) is 78.6 cm³/mol. The maximum atomic E-state index is 12.4. The molecule has 19 heavy (non-hydrogen) atoms. The molecule has 1 rings (SSSR count). The summed E-state index contributed by atoms with van der Waals surface area (Å²) in [6.07, 6.45) is 0. The summed E-state index contributed by atoms with van der Waals surface area (Å²) in [5, 5.41) is 9.83. The lowest BCUT2D eigenvalue weighted by Crippen LogP contribution is -2.42. The van der Waals surface area contributed by atoms with Crippen LogP contribution in [0.4, 0.5) is 0 Å². The van der Waals surface area contributed by atoms with E-state index >= 15 is 0 Å². The van der Waals surface area contributed by atoms with Crippen LogP contribution in [0.1, 0.15) is 31.1 Å². The van der Waals surface area contributed by atoms with Gasteiger partial charge in [-0.3, -0.25) is 4.79 Å². The second kappa shape index (κ2) is 6.39. The van der Waals surface area contributed by atoms with Gasteiger partial charge in [0, 0.05) is 18.7 Å². The Bertz CT molecular complexity index is 454. The molecule has 106 valence electrons. The fourth-order valence-electron chi connectivity index (χ4n) is 1.78. The quantitative estimate of drug-likeness (QED) is 0.903. The van der Waals surface area contributed by atoms with Gasteiger partial charge >= 0.3 is 0 Å². The SMILES string of the molecule is CCN(CC(C)(C)O)C(=O)c1ccc(OC)c(Br)c1. The van der Waals surface area contributed by atoms with E-state index in [0.29, 0.717) is 24.4 Å². The minimum atomic E-state index is -0.907. The number of ether oxygens (including phenoxy) is 1. The van der Waals surface area contributed by atoms with Crippen LogP contribution in [0.2, 0.25) is 0 Å². The molecule has 0 atom stereocenters. The second-order valence-electron chi connectivity index (χ2n) is 4.98. The lowest BCUT2D eigenvalue weighted by molar-refractivity contribution is 0.0314. The van der Waals surface area contributed by atoms with Gasteiger partial charge < -0.3 is 14.7 Å². The number of amides is 1. The molecule has 4 nitrogen and oxygen atoms in total. The molecule has 1 aromatic rings. The monoisotopic (exact) mass is 329 g/mol. The van der Waals surface area contributed by atoms with Gasteiger partial charge in [-0.1, -0.05) is 0 Å². The highest BCUT2D eigenvalue weighted by atomic mass is 79.9. The van der Waals surface area contributed by atoms with Gasteiger partial charge in [0.2, 0.25) is 0 Å². The summed E-state index contributed by atoms with van der Waals surface area (Å²) in [6.45, 7) is 6.11. The molecule has 0 aliphatic carbocycles. The van der Waals surface area contributed by atoms with Crippen LogP contribution in [-0.2, 0) is 0 Å². The van der Waals surface area contributed by atoms with Crippen molar-refractivity contribution in [1.82, 2.24) is 4.90 Å². The normalized spacial score (nSPS) is 11.3. The van der Waals surface area contributed by atoms with Crippen molar-refractivity contribution in [3.63, 3.8) is 0 Å². The lowest BCUT2D eigenvalue weighted by Gasteiger charge is -2.28. The standard InChI is InChI=1S/C14H20BrNO3/c1-5-16(9-14(2,3)18)13(17)10-6-7-12(19-4)11(15)8-10/h6-8,18H,5,9H2,1-4H3. The molecule has 0 aromatic heterocycles. The number of rotatable bonds is 5. The van der Waals surface area contributed by atoms with Crippen molar-refractivity contribution in [1.29, 1.82) is 0 Å².